The summed E-state index contributed by atoms with van der Waals surface area (Å²) in [6.45, 7) is 0.915. The van der Waals surface area contributed by atoms with Crippen LogP contribution in [0.1, 0.15) is 11.1 Å². The van der Waals surface area contributed by atoms with Crippen molar-refractivity contribution in [1.29, 1.82) is 5.26 Å². The van der Waals surface area contributed by atoms with Gasteiger partial charge in [0.1, 0.15) is 0 Å². The van der Waals surface area contributed by atoms with Gasteiger partial charge in [0, 0.05) is 12.2 Å². The highest BCUT2D eigenvalue weighted by molar-refractivity contribution is 5.79. The fraction of sp³-hybridized carbons (Fsp3) is 0.133. The molecule has 2 aromatic carbocycles. The summed E-state index contributed by atoms with van der Waals surface area (Å²) >= 11 is 0. The van der Waals surface area contributed by atoms with Gasteiger partial charge in [0.15, 0.2) is 0 Å². The third-order valence-electron chi connectivity index (χ3n) is 3.34. The van der Waals surface area contributed by atoms with Gasteiger partial charge in [0.25, 0.3) is 0 Å². The summed E-state index contributed by atoms with van der Waals surface area (Å²) in [5.41, 5.74) is 10.8. The van der Waals surface area contributed by atoms with Crippen LogP contribution in [0.3, 0.4) is 0 Å². The normalized spacial score (nSPS) is 13.2. The third-order valence-corrected chi connectivity index (χ3v) is 3.34. The fourth-order valence-corrected chi connectivity index (χ4v) is 2.44. The van der Waals surface area contributed by atoms with Crippen LogP contribution in [-0.2, 0) is 6.42 Å². The minimum absolute atomic E-state index is 0.642. The van der Waals surface area contributed by atoms with Gasteiger partial charge in [0.2, 0.25) is 0 Å². The van der Waals surface area contributed by atoms with Crippen LogP contribution in [0.4, 0.5) is 17.1 Å². The molecule has 0 spiro atoms. The Kier molecular flexibility index (Phi) is 2.42. The molecule has 0 amide bonds. The van der Waals surface area contributed by atoms with Crippen molar-refractivity contribution in [1.82, 2.24) is 0 Å². The monoisotopic (exact) mass is 235 g/mol. The number of hydrogen-bond donors (Lipinski definition) is 1. The smallest absolute Gasteiger partial charge is 0.0992 e. The first-order valence-corrected chi connectivity index (χ1v) is 5.94. The molecule has 0 aromatic heterocycles. The molecule has 0 atom stereocenters. The minimum Gasteiger partial charge on any atom is -0.397 e. The maximum atomic E-state index is 8.98. The number of para-hydroxylation sites is 1. The van der Waals surface area contributed by atoms with Crippen molar-refractivity contribution in [3.8, 4) is 6.07 Å². The van der Waals surface area contributed by atoms with Crippen molar-refractivity contribution in [2.45, 2.75) is 6.42 Å². The Morgan fingerprint density at radius 1 is 1.11 bits per heavy atom. The highest BCUT2D eigenvalue weighted by Gasteiger charge is 2.21. The lowest BCUT2D eigenvalue weighted by Crippen LogP contribution is -2.15. The topological polar surface area (TPSA) is 53.1 Å². The summed E-state index contributed by atoms with van der Waals surface area (Å²) in [4.78, 5) is 2.19. The molecule has 0 saturated carbocycles. The zero-order valence-electron chi connectivity index (χ0n) is 9.93. The number of benzene rings is 2. The zero-order chi connectivity index (χ0) is 12.5. The Hall–Kier alpha value is -2.47. The standard InChI is InChI=1S/C15H13N3/c16-10-11-5-6-13(17)15(9-11)18-8-7-12-3-1-2-4-14(12)18/h1-6,9H,7-8,17H2. The zero-order valence-corrected chi connectivity index (χ0v) is 9.93. The SMILES string of the molecule is N#Cc1ccc(N)c(N2CCc3ccccc32)c1. The molecule has 0 unspecified atom stereocenters. The second-order valence-corrected chi connectivity index (χ2v) is 4.42. The van der Waals surface area contributed by atoms with Gasteiger partial charge in [-0.2, -0.15) is 5.26 Å². The molecule has 88 valence electrons. The second-order valence-electron chi connectivity index (χ2n) is 4.42. The van der Waals surface area contributed by atoms with E-state index in [1.807, 2.05) is 12.1 Å². The maximum Gasteiger partial charge on any atom is 0.0992 e. The number of nitriles is 1. The van der Waals surface area contributed by atoms with E-state index in [-0.39, 0.29) is 0 Å². The van der Waals surface area contributed by atoms with Crippen molar-refractivity contribution in [3.63, 3.8) is 0 Å². The molecular formula is C15H13N3. The Morgan fingerprint density at radius 2 is 1.94 bits per heavy atom. The molecule has 0 bridgehead atoms. The first-order chi connectivity index (χ1) is 8.79. The first-order valence-electron chi connectivity index (χ1n) is 5.94. The van der Waals surface area contributed by atoms with Crippen LogP contribution in [0, 0.1) is 11.3 Å². The number of hydrogen-bond acceptors (Lipinski definition) is 3. The molecule has 0 radical (unpaired) electrons. The van der Waals surface area contributed by atoms with E-state index in [4.69, 9.17) is 11.0 Å². The van der Waals surface area contributed by atoms with Gasteiger partial charge in [-0.1, -0.05) is 18.2 Å². The number of fused-ring (bicyclic) bond motifs is 1. The molecule has 0 saturated heterocycles. The van der Waals surface area contributed by atoms with E-state index < -0.39 is 0 Å². The van der Waals surface area contributed by atoms with Gasteiger partial charge in [-0.05, 0) is 36.2 Å². The van der Waals surface area contributed by atoms with Crippen molar-refractivity contribution in [3.05, 3.63) is 53.6 Å². The molecule has 1 aliphatic heterocycles. The molecule has 3 rings (SSSR count). The van der Waals surface area contributed by atoms with Crippen LogP contribution < -0.4 is 10.6 Å². The Bertz CT molecular complexity index is 640. The lowest BCUT2D eigenvalue weighted by molar-refractivity contribution is 0.999. The molecular weight excluding hydrogens is 222 g/mol. The van der Waals surface area contributed by atoms with Crippen molar-refractivity contribution >= 4 is 17.1 Å². The van der Waals surface area contributed by atoms with Gasteiger partial charge in [-0.15, -0.1) is 0 Å². The average molecular weight is 235 g/mol. The van der Waals surface area contributed by atoms with E-state index in [0.717, 1.165) is 18.7 Å². The van der Waals surface area contributed by atoms with E-state index in [1.54, 1.807) is 12.1 Å². The van der Waals surface area contributed by atoms with Gasteiger partial charge >= 0.3 is 0 Å². The summed E-state index contributed by atoms with van der Waals surface area (Å²) in [6.07, 6.45) is 1.02. The second kappa shape index (κ2) is 4.08. The number of nitrogens with zero attached hydrogens (tertiary/aromatic N) is 2. The lowest BCUT2D eigenvalue weighted by Gasteiger charge is -2.21. The predicted octanol–water partition coefficient (Wildman–Crippen LogP) is 2.83. The summed E-state index contributed by atoms with van der Waals surface area (Å²) in [7, 11) is 0. The van der Waals surface area contributed by atoms with E-state index in [9.17, 15) is 0 Å². The van der Waals surface area contributed by atoms with Crippen LogP contribution in [0.5, 0.6) is 0 Å². The number of rotatable bonds is 1. The molecule has 3 nitrogen and oxygen atoms in total. The number of nitrogen functional groups attached to an aromatic ring is 1. The van der Waals surface area contributed by atoms with Crippen LogP contribution >= 0.6 is 0 Å². The Balaban J connectivity index is 2.10. The molecule has 1 heterocycles. The van der Waals surface area contributed by atoms with Gasteiger partial charge < -0.3 is 10.6 Å². The number of anilines is 3. The highest BCUT2D eigenvalue weighted by atomic mass is 15.2. The molecule has 2 N–H and O–H groups in total. The van der Waals surface area contributed by atoms with Crippen LogP contribution in [0.2, 0.25) is 0 Å². The van der Waals surface area contributed by atoms with E-state index in [2.05, 4.69) is 29.2 Å². The van der Waals surface area contributed by atoms with Crippen molar-refractivity contribution in [2.75, 3.05) is 17.2 Å². The summed E-state index contributed by atoms with van der Waals surface area (Å²) in [5, 5.41) is 8.98. The molecule has 1 aliphatic rings. The highest BCUT2D eigenvalue weighted by Crippen LogP contribution is 2.37. The Morgan fingerprint density at radius 3 is 2.78 bits per heavy atom. The predicted molar refractivity (Wildman–Crippen MR) is 72.7 cm³/mol. The third kappa shape index (κ3) is 1.59. The van der Waals surface area contributed by atoms with Crippen LogP contribution in [-0.4, -0.2) is 6.54 Å². The minimum atomic E-state index is 0.642. The number of nitrogens with two attached hydrogens (primary N) is 1. The average Bonchev–Trinajstić information content (AvgIpc) is 2.83. The molecule has 18 heavy (non-hydrogen) atoms. The summed E-state index contributed by atoms with van der Waals surface area (Å²) in [6, 6.07) is 15.9. The van der Waals surface area contributed by atoms with Gasteiger partial charge in [-0.25, -0.2) is 0 Å². The van der Waals surface area contributed by atoms with Gasteiger partial charge in [-0.3, -0.25) is 0 Å². The van der Waals surface area contributed by atoms with E-state index in [0.29, 0.717) is 11.3 Å². The molecule has 0 fully saturated rings. The quantitative estimate of drug-likeness (QED) is 0.773. The van der Waals surface area contributed by atoms with Crippen molar-refractivity contribution in [2.24, 2.45) is 0 Å². The lowest BCUT2D eigenvalue weighted by atomic mass is 10.1. The van der Waals surface area contributed by atoms with Gasteiger partial charge in [0.05, 0.1) is 23.0 Å². The van der Waals surface area contributed by atoms with Crippen LogP contribution in [0.15, 0.2) is 42.5 Å². The molecule has 0 aliphatic carbocycles. The van der Waals surface area contributed by atoms with E-state index >= 15 is 0 Å². The maximum absolute atomic E-state index is 8.98. The molecule has 2 aromatic rings. The summed E-state index contributed by atoms with van der Waals surface area (Å²) in [5.74, 6) is 0. The Labute approximate surface area is 106 Å². The van der Waals surface area contributed by atoms with Crippen molar-refractivity contribution < 1.29 is 0 Å². The van der Waals surface area contributed by atoms with E-state index in [1.165, 1.54) is 11.3 Å². The first kappa shape index (κ1) is 10.7. The van der Waals surface area contributed by atoms with Crippen LogP contribution in [0.25, 0.3) is 0 Å². The largest absolute Gasteiger partial charge is 0.397 e. The molecule has 3 heteroatoms. The summed E-state index contributed by atoms with van der Waals surface area (Å²) < 4.78 is 0. The fourth-order valence-electron chi connectivity index (χ4n) is 2.44.